The van der Waals surface area contributed by atoms with Crippen molar-refractivity contribution in [1.29, 1.82) is 0 Å². The van der Waals surface area contributed by atoms with E-state index < -0.39 is 0 Å². The van der Waals surface area contributed by atoms with Crippen LogP contribution in [0.3, 0.4) is 0 Å². The highest BCUT2D eigenvalue weighted by atomic mass is 17.2. The fourth-order valence-electron chi connectivity index (χ4n) is 1.10. The molecule has 1 N–H and O–H groups in total. The molecule has 0 atom stereocenters. The molecule has 0 unspecified atom stereocenters. The van der Waals surface area contributed by atoms with Crippen molar-refractivity contribution in [2.24, 2.45) is 0 Å². The van der Waals surface area contributed by atoms with Gasteiger partial charge < -0.3 is 5.32 Å². The van der Waals surface area contributed by atoms with E-state index in [1.54, 1.807) is 5.06 Å². The van der Waals surface area contributed by atoms with E-state index in [-0.39, 0.29) is 0 Å². The van der Waals surface area contributed by atoms with Crippen molar-refractivity contribution in [3.05, 3.63) is 0 Å². The van der Waals surface area contributed by atoms with Crippen LogP contribution < -0.4 is 5.32 Å². The SMILES string of the molecule is CCCCOOCN1CCNCCO1. The van der Waals surface area contributed by atoms with E-state index in [4.69, 9.17) is 14.6 Å². The third-order valence-electron chi connectivity index (χ3n) is 1.95. The highest BCUT2D eigenvalue weighted by Crippen LogP contribution is 1.95. The van der Waals surface area contributed by atoms with Crippen LogP contribution in [0, 0.1) is 0 Å². The Bertz CT molecular complexity index is 127. The van der Waals surface area contributed by atoms with E-state index in [0.717, 1.165) is 32.5 Å². The molecule has 0 aromatic rings. The minimum atomic E-state index is 0.380. The van der Waals surface area contributed by atoms with Gasteiger partial charge in [-0.3, -0.25) is 4.84 Å². The molecule has 84 valence electrons. The maximum absolute atomic E-state index is 5.38. The van der Waals surface area contributed by atoms with Crippen molar-refractivity contribution >= 4 is 0 Å². The number of rotatable bonds is 6. The molecule has 1 saturated heterocycles. The van der Waals surface area contributed by atoms with Crippen LogP contribution in [0.1, 0.15) is 19.8 Å². The van der Waals surface area contributed by atoms with E-state index in [1.165, 1.54) is 0 Å². The van der Waals surface area contributed by atoms with Gasteiger partial charge in [0, 0.05) is 19.6 Å². The number of hydrogen-bond acceptors (Lipinski definition) is 5. The lowest BCUT2D eigenvalue weighted by molar-refractivity contribution is -0.352. The first-order chi connectivity index (χ1) is 6.93. The summed E-state index contributed by atoms with van der Waals surface area (Å²) >= 11 is 0. The van der Waals surface area contributed by atoms with Crippen molar-refractivity contribution in [1.82, 2.24) is 10.4 Å². The highest BCUT2D eigenvalue weighted by Gasteiger charge is 2.08. The Balaban J connectivity index is 1.93. The first kappa shape index (κ1) is 11.9. The molecule has 1 fully saturated rings. The van der Waals surface area contributed by atoms with E-state index in [0.29, 0.717) is 19.9 Å². The molecule has 0 spiro atoms. The van der Waals surface area contributed by atoms with Crippen LogP contribution in [0.25, 0.3) is 0 Å². The third kappa shape index (κ3) is 5.51. The molecule has 0 radical (unpaired) electrons. The Morgan fingerprint density at radius 3 is 3.14 bits per heavy atom. The second-order valence-corrected chi connectivity index (χ2v) is 3.21. The van der Waals surface area contributed by atoms with Gasteiger partial charge in [-0.2, -0.15) is 5.06 Å². The fourth-order valence-corrected chi connectivity index (χ4v) is 1.10. The summed E-state index contributed by atoms with van der Waals surface area (Å²) in [5.41, 5.74) is 0. The summed E-state index contributed by atoms with van der Waals surface area (Å²) in [4.78, 5) is 15.4. The van der Waals surface area contributed by atoms with Crippen LogP contribution >= 0.6 is 0 Å². The topological polar surface area (TPSA) is 43.0 Å². The summed E-state index contributed by atoms with van der Waals surface area (Å²) in [6.07, 6.45) is 2.15. The van der Waals surface area contributed by atoms with Gasteiger partial charge in [0.25, 0.3) is 0 Å². The number of nitrogens with one attached hydrogen (secondary N) is 1. The summed E-state index contributed by atoms with van der Waals surface area (Å²) in [6, 6.07) is 0. The van der Waals surface area contributed by atoms with Crippen molar-refractivity contribution in [2.45, 2.75) is 19.8 Å². The van der Waals surface area contributed by atoms with Gasteiger partial charge in [0.1, 0.15) is 0 Å². The summed E-state index contributed by atoms with van der Waals surface area (Å²) in [7, 11) is 0. The second kappa shape index (κ2) is 8.14. The average Bonchev–Trinajstić information content (AvgIpc) is 2.46. The molecule has 1 aliphatic rings. The zero-order chi connectivity index (χ0) is 10.1. The van der Waals surface area contributed by atoms with Gasteiger partial charge in [0.05, 0.1) is 13.2 Å². The van der Waals surface area contributed by atoms with Gasteiger partial charge in [0.2, 0.25) is 0 Å². The zero-order valence-corrected chi connectivity index (χ0v) is 8.83. The van der Waals surface area contributed by atoms with Crippen LogP contribution in [-0.2, 0) is 14.6 Å². The maximum atomic E-state index is 5.38. The van der Waals surface area contributed by atoms with E-state index in [2.05, 4.69) is 12.2 Å². The standard InChI is InChI=1S/C9H20N2O3/c1-2-3-7-13-14-9-11-6-4-10-5-8-12-11/h10H,2-9H2,1H3. The normalized spacial score (nSPS) is 19.5. The largest absolute Gasteiger partial charge is 0.313 e. The Labute approximate surface area is 85.2 Å². The van der Waals surface area contributed by atoms with E-state index in [1.807, 2.05) is 0 Å². The quantitative estimate of drug-likeness (QED) is 0.388. The van der Waals surface area contributed by atoms with Crippen LogP contribution in [0.15, 0.2) is 0 Å². The Morgan fingerprint density at radius 2 is 2.29 bits per heavy atom. The number of hydroxylamine groups is 2. The number of nitrogens with zero attached hydrogens (tertiary/aromatic N) is 1. The van der Waals surface area contributed by atoms with Gasteiger partial charge in [0.15, 0.2) is 6.73 Å². The fraction of sp³-hybridized carbons (Fsp3) is 1.00. The lowest BCUT2D eigenvalue weighted by atomic mass is 10.4. The van der Waals surface area contributed by atoms with Crippen molar-refractivity contribution in [3.63, 3.8) is 0 Å². The van der Waals surface area contributed by atoms with Crippen molar-refractivity contribution in [3.8, 4) is 0 Å². The predicted octanol–water partition coefficient (Wildman–Crippen LogP) is 0.529. The van der Waals surface area contributed by atoms with Crippen LogP contribution in [0.2, 0.25) is 0 Å². The molecule has 5 nitrogen and oxygen atoms in total. The summed E-state index contributed by atoms with van der Waals surface area (Å²) in [5.74, 6) is 0. The monoisotopic (exact) mass is 204 g/mol. The first-order valence-corrected chi connectivity index (χ1v) is 5.26. The van der Waals surface area contributed by atoms with Crippen molar-refractivity contribution in [2.75, 3.05) is 39.6 Å². The molecular weight excluding hydrogens is 184 g/mol. The minimum absolute atomic E-state index is 0.380. The first-order valence-electron chi connectivity index (χ1n) is 5.26. The van der Waals surface area contributed by atoms with Gasteiger partial charge in [-0.15, -0.1) is 0 Å². The molecule has 1 aliphatic heterocycles. The third-order valence-corrected chi connectivity index (χ3v) is 1.95. The van der Waals surface area contributed by atoms with Gasteiger partial charge in [-0.05, 0) is 6.42 Å². The highest BCUT2D eigenvalue weighted by molar-refractivity contribution is 4.52. The van der Waals surface area contributed by atoms with E-state index >= 15 is 0 Å². The second-order valence-electron chi connectivity index (χ2n) is 3.21. The maximum Gasteiger partial charge on any atom is 0.157 e. The van der Waals surface area contributed by atoms with Crippen molar-refractivity contribution < 1.29 is 14.6 Å². The summed E-state index contributed by atoms with van der Waals surface area (Å²) < 4.78 is 0. The smallest absolute Gasteiger partial charge is 0.157 e. The molecule has 0 aromatic carbocycles. The molecule has 1 heterocycles. The molecule has 14 heavy (non-hydrogen) atoms. The molecular formula is C9H20N2O3. The van der Waals surface area contributed by atoms with E-state index in [9.17, 15) is 0 Å². The lowest BCUT2D eigenvalue weighted by Gasteiger charge is -2.17. The molecule has 0 aromatic heterocycles. The van der Waals surface area contributed by atoms with Crippen LogP contribution in [-0.4, -0.2) is 44.6 Å². The lowest BCUT2D eigenvalue weighted by Crippen LogP contribution is -2.29. The molecule has 0 bridgehead atoms. The molecule has 0 amide bonds. The average molecular weight is 204 g/mol. The molecule has 5 heteroatoms. The molecule has 0 saturated carbocycles. The van der Waals surface area contributed by atoms with Gasteiger partial charge >= 0.3 is 0 Å². The van der Waals surface area contributed by atoms with Gasteiger partial charge in [-0.1, -0.05) is 13.3 Å². The van der Waals surface area contributed by atoms with Crippen LogP contribution in [0.4, 0.5) is 0 Å². The minimum Gasteiger partial charge on any atom is -0.313 e. The summed E-state index contributed by atoms with van der Waals surface area (Å²) in [6.45, 7) is 6.50. The van der Waals surface area contributed by atoms with Gasteiger partial charge in [-0.25, -0.2) is 9.78 Å². The number of unbranched alkanes of at least 4 members (excludes halogenated alkanes) is 1. The molecule has 1 rings (SSSR count). The Morgan fingerprint density at radius 1 is 1.36 bits per heavy atom. The summed E-state index contributed by atoms with van der Waals surface area (Å²) in [5, 5.41) is 4.99. The Kier molecular flexibility index (Phi) is 6.90. The predicted molar refractivity (Wildman–Crippen MR) is 52.3 cm³/mol. The zero-order valence-electron chi connectivity index (χ0n) is 8.83. The number of hydrogen-bond donors (Lipinski definition) is 1. The van der Waals surface area contributed by atoms with Crippen LogP contribution in [0.5, 0.6) is 0 Å². The Hall–Kier alpha value is -0.200. The molecule has 0 aliphatic carbocycles.